The molecule has 2 saturated heterocycles. The molecule has 7 bridgehead atoms. The van der Waals surface area contributed by atoms with Gasteiger partial charge in [0.15, 0.2) is 0 Å². The maximum atomic E-state index is 12.3. The lowest BCUT2D eigenvalue weighted by Gasteiger charge is -2.69. The number of piperidine rings is 1. The van der Waals surface area contributed by atoms with Crippen LogP contribution in [-0.2, 0) is 18.9 Å². The lowest BCUT2D eigenvalue weighted by Crippen LogP contribution is -2.80. The number of aliphatic hydroxyl groups is 2. The number of hydrogen-bond donors (Lipinski definition) is 2. The molecular formula is C24H37NO6. The number of hydrogen-bond acceptors (Lipinski definition) is 7. The Morgan fingerprint density at radius 3 is 2.68 bits per heavy atom. The summed E-state index contributed by atoms with van der Waals surface area (Å²) in [5.74, 6) is 0.650. The number of aliphatic hydroxyl groups excluding tert-OH is 2. The van der Waals surface area contributed by atoms with Gasteiger partial charge in [-0.05, 0) is 37.1 Å². The number of nitrogens with zero attached hydrogens (tertiary/aromatic N) is 1. The van der Waals surface area contributed by atoms with Gasteiger partial charge >= 0.3 is 0 Å². The van der Waals surface area contributed by atoms with Gasteiger partial charge in [0.1, 0.15) is 18.0 Å². The molecular weight excluding hydrogens is 398 g/mol. The quantitative estimate of drug-likeness (QED) is 0.685. The van der Waals surface area contributed by atoms with E-state index in [1.165, 1.54) is 0 Å². The molecule has 13 unspecified atom stereocenters. The Morgan fingerprint density at radius 2 is 1.97 bits per heavy atom. The third-order valence-corrected chi connectivity index (χ3v) is 11.6. The van der Waals surface area contributed by atoms with E-state index in [9.17, 15) is 10.2 Å². The summed E-state index contributed by atoms with van der Waals surface area (Å²) in [5, 5.41) is 24.2. The molecule has 7 rings (SSSR count). The van der Waals surface area contributed by atoms with Crippen molar-refractivity contribution in [2.45, 2.75) is 81.2 Å². The van der Waals surface area contributed by atoms with E-state index in [0.29, 0.717) is 5.92 Å². The number of rotatable bonds is 3. The second-order valence-corrected chi connectivity index (χ2v) is 11.9. The molecule has 13 atom stereocenters. The normalized spacial score (nSPS) is 65.8. The molecule has 0 aromatic rings. The fourth-order valence-electron chi connectivity index (χ4n) is 11.2. The van der Waals surface area contributed by atoms with Crippen LogP contribution in [0.3, 0.4) is 0 Å². The molecule has 7 fully saturated rings. The molecule has 5 saturated carbocycles. The SMILES string of the molecule is CCN1CC2(C)CCC(O)C34C5CC6C(OC)CC7(OCOC7(C(O)C23)C14)C5C6OC. The van der Waals surface area contributed by atoms with Crippen molar-refractivity contribution in [1.82, 2.24) is 4.90 Å². The van der Waals surface area contributed by atoms with Crippen molar-refractivity contribution in [2.75, 3.05) is 34.1 Å². The van der Waals surface area contributed by atoms with Crippen LogP contribution in [-0.4, -0.2) is 90.9 Å². The Morgan fingerprint density at radius 1 is 1.16 bits per heavy atom. The first kappa shape index (κ1) is 20.1. The summed E-state index contributed by atoms with van der Waals surface area (Å²) in [7, 11) is 3.59. The number of likely N-dealkylation sites (N-methyl/N-ethyl adjacent to an activating group) is 1. The molecule has 0 amide bonds. The van der Waals surface area contributed by atoms with E-state index in [4.69, 9.17) is 18.9 Å². The fourth-order valence-corrected chi connectivity index (χ4v) is 11.2. The van der Waals surface area contributed by atoms with Gasteiger partial charge in [-0.25, -0.2) is 0 Å². The summed E-state index contributed by atoms with van der Waals surface area (Å²) < 4.78 is 25.6. The van der Waals surface area contributed by atoms with Crippen LogP contribution in [0.15, 0.2) is 0 Å². The lowest BCUT2D eigenvalue weighted by molar-refractivity contribution is -0.280. The van der Waals surface area contributed by atoms with Crippen molar-refractivity contribution in [1.29, 1.82) is 0 Å². The molecule has 0 radical (unpaired) electrons. The fraction of sp³-hybridized carbons (Fsp3) is 1.00. The van der Waals surface area contributed by atoms with Crippen molar-refractivity contribution in [3.8, 4) is 0 Å². The zero-order valence-corrected chi connectivity index (χ0v) is 19.1. The second-order valence-electron chi connectivity index (χ2n) is 11.9. The van der Waals surface area contributed by atoms with E-state index in [1.807, 2.05) is 0 Å². The van der Waals surface area contributed by atoms with Gasteiger partial charge in [-0.2, -0.15) is 0 Å². The molecule has 3 spiro atoms. The summed E-state index contributed by atoms with van der Waals surface area (Å²) in [6, 6.07) is -0.0380. The average molecular weight is 436 g/mol. The third-order valence-electron chi connectivity index (χ3n) is 11.6. The molecule has 2 N–H and O–H groups in total. The van der Waals surface area contributed by atoms with E-state index in [2.05, 4.69) is 18.7 Å². The zero-order valence-electron chi connectivity index (χ0n) is 19.1. The predicted octanol–water partition coefficient (Wildman–Crippen LogP) is 1.01. The highest BCUT2D eigenvalue weighted by atomic mass is 16.7. The van der Waals surface area contributed by atoms with Gasteiger partial charge in [0.05, 0.1) is 30.5 Å². The van der Waals surface area contributed by atoms with Gasteiger partial charge in [-0.3, -0.25) is 4.90 Å². The average Bonchev–Trinajstić information content (AvgIpc) is 3.34. The minimum atomic E-state index is -0.846. The molecule has 7 nitrogen and oxygen atoms in total. The minimum Gasteiger partial charge on any atom is -0.392 e. The van der Waals surface area contributed by atoms with Crippen molar-refractivity contribution in [3.05, 3.63) is 0 Å². The lowest BCUT2D eigenvalue weighted by atomic mass is 9.43. The van der Waals surface area contributed by atoms with Crippen LogP contribution in [0, 0.1) is 34.5 Å². The summed E-state index contributed by atoms with van der Waals surface area (Å²) in [5.41, 5.74) is -1.92. The summed E-state index contributed by atoms with van der Waals surface area (Å²) in [6.45, 7) is 6.59. The Hall–Kier alpha value is -0.280. The van der Waals surface area contributed by atoms with Gasteiger partial charge in [0, 0.05) is 50.4 Å². The van der Waals surface area contributed by atoms with Crippen LogP contribution in [0.2, 0.25) is 0 Å². The summed E-state index contributed by atoms with van der Waals surface area (Å²) in [4.78, 5) is 2.54. The van der Waals surface area contributed by atoms with E-state index in [1.54, 1.807) is 14.2 Å². The molecule has 174 valence electrons. The summed E-state index contributed by atoms with van der Waals surface area (Å²) >= 11 is 0. The monoisotopic (exact) mass is 435 g/mol. The Kier molecular flexibility index (Phi) is 3.80. The number of likely N-dealkylation sites (tertiary alicyclic amines) is 1. The first-order chi connectivity index (χ1) is 14.9. The van der Waals surface area contributed by atoms with Crippen LogP contribution >= 0.6 is 0 Å². The number of methoxy groups -OCH3 is 2. The largest absolute Gasteiger partial charge is 0.392 e. The van der Waals surface area contributed by atoms with Crippen LogP contribution in [0.25, 0.3) is 0 Å². The highest BCUT2D eigenvalue weighted by molar-refractivity contribution is 5.42. The van der Waals surface area contributed by atoms with Crippen molar-refractivity contribution in [2.24, 2.45) is 34.5 Å². The smallest absolute Gasteiger partial charge is 0.148 e. The van der Waals surface area contributed by atoms with Crippen molar-refractivity contribution >= 4 is 0 Å². The van der Waals surface area contributed by atoms with Gasteiger partial charge in [0.25, 0.3) is 0 Å². The molecule has 2 aliphatic heterocycles. The van der Waals surface area contributed by atoms with Crippen LogP contribution < -0.4 is 0 Å². The maximum absolute atomic E-state index is 12.3. The van der Waals surface area contributed by atoms with Crippen LogP contribution in [0.4, 0.5) is 0 Å². The topological polar surface area (TPSA) is 80.6 Å². The molecule has 0 aromatic heterocycles. The maximum Gasteiger partial charge on any atom is 0.148 e. The standard InChI is InChI=1S/C24H37NO6/c1-5-25-10-21(2)7-6-15(26)23-13-8-12-14(28-3)9-22(16(13)17(12)29-4)24(20(23)25,31-11-30-22)19(27)18(21)23/h12-20,26-27H,5-11H2,1-4H3. The Bertz CT molecular complexity index is 811. The molecule has 31 heavy (non-hydrogen) atoms. The first-order valence-electron chi connectivity index (χ1n) is 12.3. The van der Waals surface area contributed by atoms with E-state index in [0.717, 1.165) is 38.8 Å². The van der Waals surface area contributed by atoms with Gasteiger partial charge in [-0.1, -0.05) is 13.8 Å². The van der Waals surface area contributed by atoms with E-state index >= 15 is 0 Å². The molecule has 7 heteroatoms. The summed E-state index contributed by atoms with van der Waals surface area (Å²) in [6.07, 6.45) is 2.36. The molecule has 5 aliphatic carbocycles. The molecule has 7 aliphatic rings. The predicted molar refractivity (Wildman–Crippen MR) is 110 cm³/mol. The number of fused-ring (bicyclic) bond motifs is 1. The van der Waals surface area contributed by atoms with Gasteiger partial charge in [-0.15, -0.1) is 0 Å². The minimum absolute atomic E-state index is 0.00318. The van der Waals surface area contributed by atoms with Crippen LogP contribution in [0.5, 0.6) is 0 Å². The molecule has 2 heterocycles. The van der Waals surface area contributed by atoms with Crippen molar-refractivity contribution < 1.29 is 29.2 Å². The van der Waals surface area contributed by atoms with Crippen LogP contribution in [0.1, 0.15) is 39.5 Å². The Balaban J connectivity index is 1.56. The van der Waals surface area contributed by atoms with Gasteiger partial charge in [0.2, 0.25) is 0 Å². The van der Waals surface area contributed by atoms with Crippen molar-refractivity contribution in [3.63, 3.8) is 0 Å². The second kappa shape index (κ2) is 5.85. The van der Waals surface area contributed by atoms with Gasteiger partial charge < -0.3 is 29.2 Å². The zero-order chi connectivity index (χ0) is 21.6. The highest BCUT2D eigenvalue weighted by Crippen LogP contribution is 2.82. The third kappa shape index (κ3) is 1.74. The molecule has 0 aromatic carbocycles. The first-order valence-corrected chi connectivity index (χ1v) is 12.3. The number of ether oxygens (including phenoxy) is 4. The van der Waals surface area contributed by atoms with E-state index in [-0.39, 0.29) is 48.2 Å². The highest BCUT2D eigenvalue weighted by Gasteiger charge is 2.93. The Labute approximate surface area is 184 Å². The van der Waals surface area contributed by atoms with E-state index < -0.39 is 28.8 Å².